The van der Waals surface area contributed by atoms with Gasteiger partial charge in [0.1, 0.15) is 5.75 Å². The maximum atomic E-state index is 5.90. The third-order valence-electron chi connectivity index (χ3n) is 2.19. The van der Waals surface area contributed by atoms with Gasteiger partial charge in [0.15, 0.2) is 0 Å². The Bertz CT molecular complexity index is 482. The van der Waals surface area contributed by atoms with E-state index in [1.807, 2.05) is 18.2 Å². The summed E-state index contributed by atoms with van der Waals surface area (Å²) in [5, 5.41) is 2.40. The number of benzene rings is 2. The highest BCUT2D eigenvalue weighted by molar-refractivity contribution is 9.10. The van der Waals surface area contributed by atoms with Gasteiger partial charge < -0.3 is 4.43 Å². The van der Waals surface area contributed by atoms with Gasteiger partial charge in [-0.05, 0) is 30.6 Å². The first-order valence-corrected chi connectivity index (χ1v) is 8.60. The van der Waals surface area contributed by atoms with Crippen LogP contribution in [0.15, 0.2) is 40.9 Å². The number of halogens is 1. The van der Waals surface area contributed by atoms with Crippen molar-refractivity contribution in [3.63, 3.8) is 0 Å². The predicted octanol–water partition coefficient (Wildman–Crippen LogP) is 3.96. The zero-order valence-corrected chi connectivity index (χ0v) is 11.6. The van der Waals surface area contributed by atoms with E-state index in [0.717, 1.165) is 10.2 Å². The van der Waals surface area contributed by atoms with Gasteiger partial charge in [-0.15, -0.1) is 0 Å². The summed E-state index contributed by atoms with van der Waals surface area (Å²) in [6, 6.07) is 12.4. The van der Waals surface area contributed by atoms with Crippen molar-refractivity contribution < 1.29 is 4.43 Å². The molecule has 1 nitrogen and oxygen atoms in total. The smallest absolute Gasteiger partial charge is 0.229 e. The minimum Gasteiger partial charge on any atom is -0.547 e. The minimum absolute atomic E-state index is 1.01. The maximum absolute atomic E-state index is 5.90. The molecule has 2 aromatic carbocycles. The minimum atomic E-state index is -1.04. The Hall–Kier alpha value is -0.803. The summed E-state index contributed by atoms with van der Waals surface area (Å²) in [4.78, 5) is 0. The van der Waals surface area contributed by atoms with E-state index in [-0.39, 0.29) is 0 Å². The molecule has 2 rings (SSSR count). The van der Waals surface area contributed by atoms with Crippen LogP contribution in [0.25, 0.3) is 10.8 Å². The molecule has 78 valence electrons. The summed E-state index contributed by atoms with van der Waals surface area (Å²) >= 11 is 3.55. The van der Waals surface area contributed by atoms with Crippen LogP contribution in [0, 0.1) is 0 Å². The average Bonchev–Trinajstić information content (AvgIpc) is 2.22. The van der Waals surface area contributed by atoms with E-state index >= 15 is 0 Å². The van der Waals surface area contributed by atoms with Crippen molar-refractivity contribution >= 4 is 35.7 Å². The van der Waals surface area contributed by atoms with Gasteiger partial charge in [-0.1, -0.05) is 40.2 Å². The Labute approximate surface area is 99.9 Å². The van der Waals surface area contributed by atoms with Gasteiger partial charge in [-0.2, -0.15) is 0 Å². The zero-order chi connectivity index (χ0) is 10.8. The first-order valence-electron chi connectivity index (χ1n) is 5.02. The van der Waals surface area contributed by atoms with Crippen LogP contribution < -0.4 is 4.43 Å². The molecule has 0 bridgehead atoms. The Kier molecular flexibility index (Phi) is 3.12. The molecule has 0 N–H and O–H groups in total. The highest BCUT2D eigenvalue weighted by Crippen LogP contribution is 2.31. The molecule has 0 fully saturated rings. The predicted molar refractivity (Wildman–Crippen MR) is 71.2 cm³/mol. The second-order valence-corrected chi connectivity index (χ2v) is 6.95. The summed E-state index contributed by atoms with van der Waals surface area (Å²) in [6.45, 7) is 4.35. The Balaban J connectivity index is 2.61. The number of rotatable bonds is 2. The SMILES string of the molecule is C[SiH](C)Oc1ccc(Br)c2ccccc12. The first kappa shape index (κ1) is 10.7. The van der Waals surface area contributed by atoms with Crippen LogP contribution in [0.1, 0.15) is 0 Å². The first-order chi connectivity index (χ1) is 7.18. The molecule has 0 saturated heterocycles. The lowest BCUT2D eigenvalue weighted by atomic mass is 10.1. The fourth-order valence-electron chi connectivity index (χ4n) is 1.59. The molecule has 0 aromatic heterocycles. The summed E-state index contributed by atoms with van der Waals surface area (Å²) in [7, 11) is -1.04. The molecule has 0 atom stereocenters. The quantitative estimate of drug-likeness (QED) is 0.757. The van der Waals surface area contributed by atoms with Crippen LogP contribution >= 0.6 is 15.9 Å². The van der Waals surface area contributed by atoms with Gasteiger partial charge in [-0.3, -0.25) is 0 Å². The lowest BCUT2D eigenvalue weighted by molar-refractivity contribution is 0.587. The van der Waals surface area contributed by atoms with E-state index in [1.54, 1.807) is 0 Å². The Morgan fingerprint density at radius 1 is 1.00 bits per heavy atom. The van der Waals surface area contributed by atoms with E-state index < -0.39 is 9.04 Å². The van der Waals surface area contributed by atoms with Gasteiger partial charge in [-0.25, -0.2) is 0 Å². The topological polar surface area (TPSA) is 9.23 Å². The average molecular weight is 281 g/mol. The van der Waals surface area contributed by atoms with E-state index in [4.69, 9.17) is 4.43 Å². The standard InChI is InChI=1S/C12H13BrOSi/c1-15(2)14-12-8-7-11(13)9-5-3-4-6-10(9)12/h3-8,15H,1-2H3. The fraction of sp³-hybridized carbons (Fsp3) is 0.167. The normalized spacial score (nSPS) is 10.9. The molecular formula is C12H13BrOSi. The maximum Gasteiger partial charge on any atom is 0.229 e. The van der Waals surface area contributed by atoms with Crippen LogP contribution in [0.4, 0.5) is 0 Å². The highest BCUT2D eigenvalue weighted by atomic mass is 79.9. The molecule has 0 spiro atoms. The van der Waals surface area contributed by atoms with Gasteiger partial charge in [0, 0.05) is 9.86 Å². The van der Waals surface area contributed by atoms with Gasteiger partial charge in [0.05, 0.1) is 0 Å². The van der Waals surface area contributed by atoms with Crippen molar-refractivity contribution in [1.29, 1.82) is 0 Å². The van der Waals surface area contributed by atoms with Crippen LogP contribution in [0.3, 0.4) is 0 Å². The van der Waals surface area contributed by atoms with Crippen molar-refractivity contribution in [2.24, 2.45) is 0 Å². The second-order valence-electron chi connectivity index (χ2n) is 3.76. The zero-order valence-electron chi connectivity index (χ0n) is 8.83. The summed E-state index contributed by atoms with van der Waals surface area (Å²) < 4.78 is 7.02. The molecule has 0 aliphatic rings. The van der Waals surface area contributed by atoms with Crippen LogP contribution in [0.2, 0.25) is 13.1 Å². The van der Waals surface area contributed by atoms with Crippen LogP contribution in [0.5, 0.6) is 5.75 Å². The van der Waals surface area contributed by atoms with Crippen LogP contribution in [-0.2, 0) is 0 Å². The lowest BCUT2D eigenvalue weighted by Crippen LogP contribution is -2.11. The molecule has 15 heavy (non-hydrogen) atoms. The van der Waals surface area contributed by atoms with E-state index in [2.05, 4.69) is 47.2 Å². The van der Waals surface area contributed by atoms with Crippen molar-refractivity contribution in [3.8, 4) is 5.75 Å². The van der Waals surface area contributed by atoms with Gasteiger partial charge in [0.25, 0.3) is 0 Å². The third kappa shape index (κ3) is 2.24. The van der Waals surface area contributed by atoms with E-state index in [1.165, 1.54) is 10.8 Å². The van der Waals surface area contributed by atoms with Crippen molar-refractivity contribution in [2.75, 3.05) is 0 Å². The monoisotopic (exact) mass is 280 g/mol. The van der Waals surface area contributed by atoms with Gasteiger partial charge in [0.2, 0.25) is 9.04 Å². The van der Waals surface area contributed by atoms with Crippen molar-refractivity contribution in [2.45, 2.75) is 13.1 Å². The summed E-state index contributed by atoms with van der Waals surface area (Å²) in [6.07, 6.45) is 0. The van der Waals surface area contributed by atoms with Crippen molar-refractivity contribution in [3.05, 3.63) is 40.9 Å². The Morgan fingerprint density at radius 3 is 2.33 bits per heavy atom. The van der Waals surface area contributed by atoms with Crippen LogP contribution in [-0.4, -0.2) is 9.04 Å². The number of hydrogen-bond donors (Lipinski definition) is 0. The summed E-state index contributed by atoms with van der Waals surface area (Å²) in [5.74, 6) is 1.01. The lowest BCUT2D eigenvalue weighted by Gasteiger charge is -2.12. The molecule has 0 aliphatic heterocycles. The molecule has 0 saturated carbocycles. The molecule has 0 amide bonds. The molecule has 0 aliphatic carbocycles. The van der Waals surface area contributed by atoms with E-state index in [0.29, 0.717) is 0 Å². The van der Waals surface area contributed by atoms with Crippen molar-refractivity contribution in [1.82, 2.24) is 0 Å². The molecule has 2 aromatic rings. The highest BCUT2D eigenvalue weighted by Gasteiger charge is 2.06. The molecule has 0 radical (unpaired) electrons. The molecule has 3 heteroatoms. The Morgan fingerprint density at radius 2 is 1.67 bits per heavy atom. The number of fused-ring (bicyclic) bond motifs is 1. The largest absolute Gasteiger partial charge is 0.547 e. The third-order valence-corrected chi connectivity index (χ3v) is 3.61. The van der Waals surface area contributed by atoms with E-state index in [9.17, 15) is 0 Å². The van der Waals surface area contributed by atoms with Gasteiger partial charge >= 0.3 is 0 Å². The summed E-state index contributed by atoms with van der Waals surface area (Å²) in [5.41, 5.74) is 0. The molecule has 0 unspecified atom stereocenters. The second kappa shape index (κ2) is 4.37. The molecular weight excluding hydrogens is 268 g/mol. The fourth-order valence-corrected chi connectivity index (χ4v) is 2.78. The molecule has 0 heterocycles. The number of hydrogen-bond acceptors (Lipinski definition) is 1.